The van der Waals surface area contributed by atoms with E-state index >= 15 is 0 Å². The van der Waals surface area contributed by atoms with E-state index in [-0.39, 0.29) is 18.2 Å². The maximum Gasteiger partial charge on any atom is 0.287 e. The topological polar surface area (TPSA) is 56.1 Å². The molecule has 5 nitrogen and oxygen atoms in total. The van der Waals surface area contributed by atoms with Crippen LogP contribution in [0.25, 0.3) is 0 Å². The molecule has 0 aromatic carbocycles. The van der Waals surface area contributed by atoms with Crippen LogP contribution in [0.3, 0.4) is 0 Å². The van der Waals surface area contributed by atoms with Crippen LogP contribution in [-0.4, -0.2) is 36.0 Å². The van der Waals surface area contributed by atoms with Crippen molar-refractivity contribution in [1.82, 2.24) is 9.78 Å². The minimum absolute atomic E-state index is 0.0284. The quantitative estimate of drug-likeness (QED) is 0.772. The fourth-order valence-corrected chi connectivity index (χ4v) is 1.46. The Kier molecular flexibility index (Phi) is 6.00. The Balaban J connectivity index is 2.48. The van der Waals surface area contributed by atoms with E-state index in [0.717, 1.165) is 0 Å². The number of hydrogen-bond donors (Lipinski definition) is 1. The monoisotopic (exact) mass is 281 g/mol. The first-order chi connectivity index (χ1) is 8.56. The van der Waals surface area contributed by atoms with Gasteiger partial charge < -0.3 is 10.1 Å². The van der Waals surface area contributed by atoms with Gasteiger partial charge in [-0.2, -0.15) is 5.10 Å². The van der Waals surface area contributed by atoms with Crippen molar-refractivity contribution >= 4 is 17.3 Å². The lowest BCUT2D eigenvalue weighted by molar-refractivity contribution is 0.0215. The van der Waals surface area contributed by atoms with Crippen LogP contribution < -0.4 is 10.9 Å². The van der Waals surface area contributed by atoms with Crippen LogP contribution in [0, 0.1) is 0 Å². The normalized spacial score (nSPS) is 10.9. The molecule has 1 aromatic rings. The summed E-state index contributed by atoms with van der Waals surface area (Å²) in [5.41, 5.74) is -0.0234. The van der Waals surface area contributed by atoms with Gasteiger partial charge in [-0.05, 0) is 6.92 Å². The lowest BCUT2D eigenvalue weighted by Crippen LogP contribution is -2.24. The maximum absolute atomic E-state index is 11.8. The number of nitrogens with one attached hydrogen (secondary N) is 1. The van der Waals surface area contributed by atoms with Gasteiger partial charge in [0.25, 0.3) is 12.0 Å². The molecule has 1 rings (SSSR count). The van der Waals surface area contributed by atoms with Crippen molar-refractivity contribution in [2.45, 2.75) is 19.9 Å². The molecule has 0 atom stereocenters. The minimum atomic E-state index is -2.48. The number of nitrogens with zero attached hydrogens (tertiary/aromatic N) is 2. The maximum atomic E-state index is 11.8. The molecule has 102 valence electrons. The van der Waals surface area contributed by atoms with E-state index < -0.39 is 18.6 Å². The van der Waals surface area contributed by atoms with Crippen LogP contribution in [0.5, 0.6) is 0 Å². The van der Waals surface area contributed by atoms with Gasteiger partial charge >= 0.3 is 0 Å². The van der Waals surface area contributed by atoms with Crippen molar-refractivity contribution in [2.75, 3.05) is 25.1 Å². The first-order valence-corrected chi connectivity index (χ1v) is 5.79. The molecule has 0 amide bonds. The molecule has 0 aliphatic rings. The number of aryl methyl sites for hydroxylation is 1. The highest BCUT2D eigenvalue weighted by molar-refractivity contribution is 6.32. The van der Waals surface area contributed by atoms with Crippen LogP contribution in [0.2, 0.25) is 5.02 Å². The van der Waals surface area contributed by atoms with Gasteiger partial charge in [-0.25, -0.2) is 13.5 Å². The molecule has 0 fully saturated rings. The summed E-state index contributed by atoms with van der Waals surface area (Å²) in [7, 11) is 0. The van der Waals surface area contributed by atoms with E-state index in [4.69, 9.17) is 11.6 Å². The van der Waals surface area contributed by atoms with Gasteiger partial charge in [0.05, 0.1) is 18.5 Å². The zero-order chi connectivity index (χ0) is 13.5. The second-order valence-electron chi connectivity index (χ2n) is 3.39. The molecule has 1 N–H and O–H groups in total. The smallest absolute Gasteiger partial charge is 0.287 e. The summed E-state index contributed by atoms with van der Waals surface area (Å²) in [4.78, 5) is 11.6. The second-order valence-corrected chi connectivity index (χ2v) is 3.76. The Hall–Kier alpha value is -1.21. The highest BCUT2D eigenvalue weighted by Crippen LogP contribution is 2.14. The predicted molar refractivity (Wildman–Crippen MR) is 64.5 cm³/mol. The zero-order valence-electron chi connectivity index (χ0n) is 9.83. The Labute approximate surface area is 108 Å². The standard InChI is InChI=1S/C10H14ClF2N3O2/c1-2-16-10(17)9(11)7(5-15-16)14-3-4-18-6-8(12)13/h5,8,14H,2-4,6H2,1H3. The Morgan fingerprint density at radius 3 is 2.94 bits per heavy atom. The molecule has 18 heavy (non-hydrogen) atoms. The lowest BCUT2D eigenvalue weighted by Gasteiger charge is -2.09. The molecule has 0 radical (unpaired) electrons. The molecule has 0 bridgehead atoms. The lowest BCUT2D eigenvalue weighted by atomic mass is 10.4. The van der Waals surface area contributed by atoms with E-state index in [0.29, 0.717) is 12.2 Å². The minimum Gasteiger partial charge on any atom is -0.380 e. The van der Waals surface area contributed by atoms with Crippen LogP contribution >= 0.6 is 11.6 Å². The summed E-state index contributed by atoms with van der Waals surface area (Å²) in [5.74, 6) is 0. The van der Waals surface area contributed by atoms with E-state index in [1.165, 1.54) is 10.9 Å². The van der Waals surface area contributed by atoms with Gasteiger partial charge in [0.1, 0.15) is 11.6 Å². The zero-order valence-corrected chi connectivity index (χ0v) is 10.6. The third-order valence-electron chi connectivity index (χ3n) is 2.09. The average Bonchev–Trinajstić information content (AvgIpc) is 2.33. The Bertz CT molecular complexity index is 440. The number of ether oxygens (including phenoxy) is 1. The van der Waals surface area contributed by atoms with Gasteiger partial charge in [0.15, 0.2) is 0 Å². The summed E-state index contributed by atoms with van der Waals surface area (Å²) in [6.45, 7) is 1.96. The number of halogens is 3. The van der Waals surface area contributed by atoms with Gasteiger partial charge in [-0.15, -0.1) is 0 Å². The van der Waals surface area contributed by atoms with Crippen molar-refractivity contribution in [2.24, 2.45) is 0 Å². The van der Waals surface area contributed by atoms with Crippen LogP contribution in [0.1, 0.15) is 6.92 Å². The van der Waals surface area contributed by atoms with E-state index in [1.54, 1.807) is 6.92 Å². The number of aromatic nitrogens is 2. The van der Waals surface area contributed by atoms with Crippen LogP contribution in [0.4, 0.5) is 14.5 Å². The molecule has 0 unspecified atom stereocenters. The fraction of sp³-hybridized carbons (Fsp3) is 0.600. The van der Waals surface area contributed by atoms with Crippen LogP contribution in [-0.2, 0) is 11.3 Å². The van der Waals surface area contributed by atoms with Crippen molar-refractivity contribution < 1.29 is 13.5 Å². The van der Waals surface area contributed by atoms with Crippen molar-refractivity contribution in [1.29, 1.82) is 0 Å². The van der Waals surface area contributed by atoms with Crippen molar-refractivity contribution in [3.63, 3.8) is 0 Å². The van der Waals surface area contributed by atoms with Gasteiger partial charge in [-0.1, -0.05) is 11.6 Å². The van der Waals surface area contributed by atoms with E-state index in [2.05, 4.69) is 15.2 Å². The summed E-state index contributed by atoms with van der Waals surface area (Å²) >= 11 is 5.84. The van der Waals surface area contributed by atoms with Gasteiger partial charge in [-0.3, -0.25) is 4.79 Å². The molecular formula is C10H14ClF2N3O2. The molecular weight excluding hydrogens is 268 g/mol. The van der Waals surface area contributed by atoms with E-state index in [1.807, 2.05) is 0 Å². The first-order valence-electron chi connectivity index (χ1n) is 5.41. The molecule has 0 saturated carbocycles. The second kappa shape index (κ2) is 7.27. The van der Waals surface area contributed by atoms with Crippen molar-refractivity contribution in [3.8, 4) is 0 Å². The van der Waals surface area contributed by atoms with Crippen molar-refractivity contribution in [3.05, 3.63) is 21.6 Å². The number of hydrogen-bond acceptors (Lipinski definition) is 4. The highest BCUT2D eigenvalue weighted by Gasteiger charge is 2.08. The number of anilines is 1. The Morgan fingerprint density at radius 1 is 1.61 bits per heavy atom. The van der Waals surface area contributed by atoms with Crippen LogP contribution in [0.15, 0.2) is 11.0 Å². The highest BCUT2D eigenvalue weighted by atomic mass is 35.5. The van der Waals surface area contributed by atoms with Gasteiger partial charge in [0.2, 0.25) is 0 Å². The molecule has 0 spiro atoms. The molecule has 0 saturated heterocycles. The average molecular weight is 282 g/mol. The largest absolute Gasteiger partial charge is 0.380 e. The number of alkyl halides is 2. The first kappa shape index (κ1) is 14.8. The third-order valence-corrected chi connectivity index (χ3v) is 2.46. The summed E-state index contributed by atoms with van der Waals surface area (Å²) in [6, 6.07) is 0. The number of rotatable bonds is 7. The molecule has 0 aliphatic carbocycles. The fourth-order valence-electron chi connectivity index (χ4n) is 1.24. The summed E-state index contributed by atoms with van der Waals surface area (Å²) in [6.07, 6.45) is -1.07. The summed E-state index contributed by atoms with van der Waals surface area (Å²) < 4.78 is 29.4. The predicted octanol–water partition coefficient (Wildman–Crippen LogP) is 1.61. The molecule has 0 aliphatic heterocycles. The van der Waals surface area contributed by atoms with E-state index in [9.17, 15) is 13.6 Å². The molecule has 1 heterocycles. The Morgan fingerprint density at radius 2 is 2.33 bits per heavy atom. The third kappa shape index (κ3) is 4.23. The molecule has 1 aromatic heterocycles. The SMILES string of the molecule is CCn1ncc(NCCOCC(F)F)c(Cl)c1=O. The van der Waals surface area contributed by atoms with Gasteiger partial charge in [0, 0.05) is 13.1 Å². The summed E-state index contributed by atoms with van der Waals surface area (Å²) in [5, 5.41) is 6.71. The molecule has 8 heteroatoms.